The zero-order chi connectivity index (χ0) is 13.6. The van der Waals surface area contributed by atoms with Crippen molar-refractivity contribution >= 4 is 15.9 Å². The zero-order valence-corrected chi connectivity index (χ0v) is 10.9. The Morgan fingerprint density at radius 2 is 1.94 bits per heavy atom. The summed E-state index contributed by atoms with van der Waals surface area (Å²) in [7, 11) is 0. The van der Waals surface area contributed by atoms with E-state index in [1.54, 1.807) is 0 Å². The van der Waals surface area contributed by atoms with Gasteiger partial charge in [-0.1, -0.05) is 6.08 Å². The monoisotopic (exact) mass is 331 g/mol. The number of halogens is 6. The molecule has 7 heteroatoms. The van der Waals surface area contributed by atoms with Gasteiger partial charge in [0.1, 0.15) is 0 Å². The van der Waals surface area contributed by atoms with E-state index < -0.39 is 18.0 Å². The second kappa shape index (κ2) is 4.51. The summed E-state index contributed by atoms with van der Waals surface area (Å²) in [4.78, 5) is 1.43. The fourth-order valence-electron chi connectivity index (χ4n) is 1.98. The summed E-state index contributed by atoms with van der Waals surface area (Å²) in [6, 6.07) is 0. The molecule has 1 heterocycles. The summed E-state index contributed by atoms with van der Waals surface area (Å²) >= 11 is 2.96. The van der Waals surface area contributed by atoms with Gasteiger partial charge in [0, 0.05) is 29.3 Å². The molecule has 1 nitrogen and oxygen atoms in total. The molecule has 0 bridgehead atoms. The molecule has 1 aliphatic carbocycles. The zero-order valence-electron chi connectivity index (χ0n) is 9.28. The topological polar surface area (TPSA) is 3.24 Å². The maximum Gasteiger partial charge on any atom is 0.396 e. The molecule has 0 spiro atoms. The molecule has 0 saturated heterocycles. The highest BCUT2D eigenvalue weighted by molar-refractivity contribution is 9.12. The third-order valence-corrected chi connectivity index (χ3v) is 3.98. The van der Waals surface area contributed by atoms with Crippen LogP contribution in [0.2, 0.25) is 0 Å². The smallest absolute Gasteiger partial charge is 0.372 e. The van der Waals surface area contributed by atoms with E-state index in [0.717, 1.165) is 0 Å². The van der Waals surface area contributed by atoms with Crippen LogP contribution in [0.3, 0.4) is 0 Å². The SMILES string of the molecule is FC(F)C1=CCN(CC2(C(F)(F)F)CC2)C=C1Br. The highest BCUT2D eigenvalue weighted by atomic mass is 79.9. The summed E-state index contributed by atoms with van der Waals surface area (Å²) < 4.78 is 63.4. The Morgan fingerprint density at radius 1 is 1.33 bits per heavy atom. The van der Waals surface area contributed by atoms with Gasteiger partial charge in [0.15, 0.2) is 0 Å². The van der Waals surface area contributed by atoms with E-state index in [2.05, 4.69) is 15.9 Å². The van der Waals surface area contributed by atoms with E-state index in [-0.39, 0.29) is 36.0 Å². The molecule has 1 aliphatic heterocycles. The van der Waals surface area contributed by atoms with Crippen molar-refractivity contribution < 1.29 is 22.0 Å². The molecule has 102 valence electrons. The minimum absolute atomic E-state index is 0.0899. The maximum absolute atomic E-state index is 12.8. The number of hydrogen-bond donors (Lipinski definition) is 0. The molecule has 0 aromatic heterocycles. The van der Waals surface area contributed by atoms with Gasteiger partial charge in [0.2, 0.25) is 0 Å². The first-order chi connectivity index (χ1) is 8.25. The predicted octanol–water partition coefficient (Wildman–Crippen LogP) is 4.07. The van der Waals surface area contributed by atoms with Crippen LogP contribution in [0.25, 0.3) is 0 Å². The molecule has 0 amide bonds. The van der Waals surface area contributed by atoms with Gasteiger partial charge in [-0.3, -0.25) is 0 Å². The van der Waals surface area contributed by atoms with Gasteiger partial charge in [-0.25, -0.2) is 8.78 Å². The molecule has 2 rings (SSSR count). The van der Waals surface area contributed by atoms with Crippen molar-refractivity contribution in [2.75, 3.05) is 13.1 Å². The first-order valence-electron chi connectivity index (χ1n) is 5.42. The number of rotatable bonds is 3. The predicted molar refractivity (Wildman–Crippen MR) is 60.4 cm³/mol. The molecule has 0 aromatic carbocycles. The number of nitrogens with zero attached hydrogens (tertiary/aromatic N) is 1. The highest BCUT2D eigenvalue weighted by Gasteiger charge is 2.63. The van der Waals surface area contributed by atoms with Gasteiger partial charge in [-0.2, -0.15) is 13.2 Å². The summed E-state index contributed by atoms with van der Waals surface area (Å²) in [5.41, 5.74) is -1.81. The van der Waals surface area contributed by atoms with Crippen LogP contribution in [0.5, 0.6) is 0 Å². The highest BCUT2D eigenvalue weighted by Crippen LogP contribution is 2.58. The van der Waals surface area contributed by atoms with E-state index in [0.29, 0.717) is 0 Å². The van der Waals surface area contributed by atoms with Crippen molar-refractivity contribution in [1.29, 1.82) is 0 Å². The van der Waals surface area contributed by atoms with Gasteiger partial charge in [-0.15, -0.1) is 0 Å². The minimum Gasteiger partial charge on any atom is -0.372 e. The van der Waals surface area contributed by atoms with Crippen molar-refractivity contribution in [3.8, 4) is 0 Å². The summed E-state index contributed by atoms with van der Waals surface area (Å²) in [5.74, 6) is 0. The quantitative estimate of drug-likeness (QED) is 0.704. The van der Waals surface area contributed by atoms with E-state index in [9.17, 15) is 22.0 Å². The normalized spacial score (nSPS) is 22.9. The molecule has 0 N–H and O–H groups in total. The molecule has 0 atom stereocenters. The van der Waals surface area contributed by atoms with Crippen LogP contribution >= 0.6 is 15.9 Å². The summed E-state index contributed by atoms with van der Waals surface area (Å²) in [6.45, 7) is -0.0782. The van der Waals surface area contributed by atoms with Crippen LogP contribution in [-0.4, -0.2) is 30.6 Å². The minimum atomic E-state index is -4.22. The fourth-order valence-corrected chi connectivity index (χ4v) is 2.60. The number of alkyl halides is 5. The third-order valence-electron chi connectivity index (χ3n) is 3.31. The Balaban J connectivity index is 2.03. The molecular weight excluding hydrogens is 321 g/mol. The molecule has 2 aliphatic rings. The molecular formula is C11H11BrF5N. The summed E-state index contributed by atoms with van der Waals surface area (Å²) in [6.07, 6.45) is -4.02. The first kappa shape index (κ1) is 13.8. The average Bonchev–Trinajstić information content (AvgIpc) is 2.97. The van der Waals surface area contributed by atoms with Crippen LogP contribution in [0.15, 0.2) is 22.3 Å². The third kappa shape index (κ3) is 2.55. The van der Waals surface area contributed by atoms with Crippen molar-refractivity contribution in [3.63, 3.8) is 0 Å². The lowest BCUT2D eigenvalue weighted by Crippen LogP contribution is -2.37. The van der Waals surface area contributed by atoms with Gasteiger partial charge in [0.05, 0.1) is 5.41 Å². The number of allylic oxidation sites excluding steroid dienone is 2. The Kier molecular flexibility index (Phi) is 3.46. The summed E-state index contributed by atoms with van der Waals surface area (Å²) in [5, 5.41) is 0. The lowest BCUT2D eigenvalue weighted by molar-refractivity contribution is -0.190. The molecule has 1 fully saturated rings. The van der Waals surface area contributed by atoms with Crippen molar-refractivity contribution in [2.24, 2.45) is 5.41 Å². The van der Waals surface area contributed by atoms with E-state index in [1.165, 1.54) is 17.2 Å². The Morgan fingerprint density at radius 3 is 2.33 bits per heavy atom. The van der Waals surface area contributed by atoms with Gasteiger partial charge >= 0.3 is 6.18 Å². The second-order valence-corrected chi connectivity index (χ2v) is 5.50. The molecule has 0 radical (unpaired) electrons. The van der Waals surface area contributed by atoms with E-state index in [4.69, 9.17) is 0 Å². The fraction of sp³-hybridized carbons (Fsp3) is 0.636. The van der Waals surface area contributed by atoms with Crippen LogP contribution in [0.4, 0.5) is 22.0 Å². The Hall–Kier alpha value is -0.590. The lowest BCUT2D eigenvalue weighted by Gasteiger charge is -2.30. The standard InChI is InChI=1S/C11H11BrF5N/c12-8-5-18(4-1-7(8)9(13)14)6-10(2-3-10)11(15,16)17/h1,5,9H,2-4,6H2. The molecule has 0 aromatic rings. The van der Waals surface area contributed by atoms with Crippen LogP contribution < -0.4 is 0 Å². The lowest BCUT2D eigenvalue weighted by atomic mass is 10.1. The van der Waals surface area contributed by atoms with E-state index >= 15 is 0 Å². The first-order valence-corrected chi connectivity index (χ1v) is 6.21. The van der Waals surface area contributed by atoms with E-state index in [1.807, 2.05) is 0 Å². The van der Waals surface area contributed by atoms with Crippen LogP contribution in [0, 0.1) is 5.41 Å². The van der Waals surface area contributed by atoms with Gasteiger partial charge < -0.3 is 4.90 Å². The second-order valence-electron chi connectivity index (χ2n) is 4.64. The van der Waals surface area contributed by atoms with Crippen molar-refractivity contribution in [3.05, 3.63) is 22.3 Å². The van der Waals surface area contributed by atoms with Gasteiger partial charge in [0.25, 0.3) is 6.43 Å². The maximum atomic E-state index is 12.8. The van der Waals surface area contributed by atoms with Crippen LogP contribution in [-0.2, 0) is 0 Å². The Bertz CT molecular complexity index is 395. The Labute approximate surface area is 109 Å². The number of hydrogen-bond acceptors (Lipinski definition) is 1. The molecule has 0 unspecified atom stereocenters. The van der Waals surface area contributed by atoms with Crippen molar-refractivity contribution in [1.82, 2.24) is 4.90 Å². The van der Waals surface area contributed by atoms with Crippen LogP contribution in [0.1, 0.15) is 12.8 Å². The molecule has 18 heavy (non-hydrogen) atoms. The van der Waals surface area contributed by atoms with Gasteiger partial charge in [-0.05, 0) is 28.8 Å². The van der Waals surface area contributed by atoms with Crippen molar-refractivity contribution in [2.45, 2.75) is 25.4 Å². The average molecular weight is 332 g/mol. The largest absolute Gasteiger partial charge is 0.396 e. The molecule has 1 saturated carbocycles.